The Hall–Kier alpha value is -1.70. The maximum absolute atomic E-state index is 10.2. The fourth-order valence-electron chi connectivity index (χ4n) is 1.26. The molecule has 0 radical (unpaired) electrons. The van der Waals surface area contributed by atoms with Crippen LogP contribution in [-0.4, -0.2) is 11.1 Å². The van der Waals surface area contributed by atoms with Crippen LogP contribution < -0.4 is 0 Å². The fraction of sp³-hybridized carbons (Fsp3) is 0. The quantitative estimate of drug-likeness (QED) is 0.530. The Morgan fingerprint density at radius 1 is 1.36 bits per heavy atom. The summed E-state index contributed by atoms with van der Waals surface area (Å²) in [4.78, 5) is 17.8. The van der Waals surface area contributed by atoms with Gasteiger partial charge in [-0.1, -0.05) is 23.7 Å². The van der Waals surface area contributed by atoms with E-state index in [1.54, 1.807) is 12.3 Å². The summed E-state index contributed by atoms with van der Waals surface area (Å²) in [6.07, 6.45) is 3.09. The molecular formula is C10H5ClN2O. The number of nitrogens with zero attached hydrogens (tertiary/aromatic N) is 2. The first-order chi connectivity index (χ1) is 6.83. The van der Waals surface area contributed by atoms with E-state index in [0.29, 0.717) is 16.2 Å². The molecule has 0 atom stereocenters. The van der Waals surface area contributed by atoms with Gasteiger partial charge in [-0.05, 0) is 12.1 Å². The van der Waals surface area contributed by atoms with Gasteiger partial charge in [0.2, 0.25) is 6.08 Å². The van der Waals surface area contributed by atoms with Crippen molar-refractivity contribution < 1.29 is 4.79 Å². The summed E-state index contributed by atoms with van der Waals surface area (Å²) in [7, 11) is 0. The average Bonchev–Trinajstić information content (AvgIpc) is 2.23. The van der Waals surface area contributed by atoms with Crippen molar-refractivity contribution in [1.82, 2.24) is 4.98 Å². The predicted octanol–water partition coefficient (Wildman–Crippen LogP) is 2.86. The zero-order valence-corrected chi connectivity index (χ0v) is 7.82. The molecule has 68 valence electrons. The molecule has 14 heavy (non-hydrogen) atoms. The third-order valence-electron chi connectivity index (χ3n) is 1.86. The summed E-state index contributed by atoms with van der Waals surface area (Å²) in [6.45, 7) is 0. The van der Waals surface area contributed by atoms with Crippen molar-refractivity contribution in [3.8, 4) is 0 Å². The maximum Gasteiger partial charge on any atom is 0.240 e. The van der Waals surface area contributed by atoms with Crippen molar-refractivity contribution >= 4 is 34.3 Å². The van der Waals surface area contributed by atoms with Crippen LogP contribution in [0.1, 0.15) is 0 Å². The number of aromatic nitrogens is 1. The normalized spacial score (nSPS) is 9.79. The summed E-state index contributed by atoms with van der Waals surface area (Å²) >= 11 is 5.87. The van der Waals surface area contributed by atoms with Crippen LogP contribution in [0.15, 0.2) is 35.5 Å². The van der Waals surface area contributed by atoms with E-state index in [4.69, 9.17) is 11.6 Å². The van der Waals surface area contributed by atoms with Gasteiger partial charge >= 0.3 is 0 Å². The minimum absolute atomic E-state index is 0.375. The smallest absolute Gasteiger partial charge is 0.240 e. The third-order valence-corrected chi connectivity index (χ3v) is 2.16. The Morgan fingerprint density at radius 2 is 2.21 bits per heavy atom. The van der Waals surface area contributed by atoms with E-state index in [1.807, 2.05) is 18.2 Å². The molecule has 1 aromatic carbocycles. The van der Waals surface area contributed by atoms with Gasteiger partial charge in [-0.15, -0.1) is 0 Å². The monoisotopic (exact) mass is 204 g/mol. The lowest BCUT2D eigenvalue weighted by molar-refractivity contribution is 0.565. The van der Waals surface area contributed by atoms with Crippen molar-refractivity contribution in [2.75, 3.05) is 0 Å². The van der Waals surface area contributed by atoms with Crippen LogP contribution in [0.3, 0.4) is 0 Å². The number of isocyanates is 1. The summed E-state index contributed by atoms with van der Waals surface area (Å²) in [5.41, 5.74) is 0.989. The molecule has 2 rings (SSSR count). The predicted molar refractivity (Wildman–Crippen MR) is 54.5 cm³/mol. The molecule has 3 nitrogen and oxygen atoms in total. The lowest BCUT2D eigenvalue weighted by Crippen LogP contribution is -1.79. The molecule has 0 spiro atoms. The Morgan fingerprint density at radius 3 is 3.00 bits per heavy atom. The molecule has 1 aromatic heterocycles. The van der Waals surface area contributed by atoms with Crippen LogP contribution in [0.25, 0.3) is 10.9 Å². The van der Waals surface area contributed by atoms with Crippen molar-refractivity contribution in [2.24, 2.45) is 4.99 Å². The molecule has 0 amide bonds. The third kappa shape index (κ3) is 1.39. The Kier molecular flexibility index (Phi) is 2.27. The molecule has 0 unspecified atom stereocenters. The topological polar surface area (TPSA) is 42.3 Å². The molecule has 0 aliphatic carbocycles. The highest BCUT2D eigenvalue weighted by Gasteiger charge is 2.05. The van der Waals surface area contributed by atoms with E-state index in [1.165, 1.54) is 6.08 Å². The number of pyridine rings is 1. The number of hydrogen-bond donors (Lipinski definition) is 0. The van der Waals surface area contributed by atoms with E-state index >= 15 is 0 Å². The molecule has 1 heterocycles. The fourth-order valence-corrected chi connectivity index (χ4v) is 1.45. The Labute approximate surface area is 85.1 Å². The highest BCUT2D eigenvalue weighted by Crippen LogP contribution is 2.31. The molecule has 0 aliphatic heterocycles. The van der Waals surface area contributed by atoms with Gasteiger partial charge in [0.05, 0.1) is 10.5 Å². The standard InChI is InChI=1S/C10H5ClN2O/c11-8-4-3-7-2-1-5-12-9(7)10(8)13-6-14/h1-5H. The van der Waals surface area contributed by atoms with Gasteiger partial charge in [0.25, 0.3) is 0 Å². The lowest BCUT2D eigenvalue weighted by Gasteiger charge is -2.00. The number of hydrogen-bond acceptors (Lipinski definition) is 3. The van der Waals surface area contributed by atoms with Crippen LogP contribution >= 0.6 is 11.6 Å². The highest BCUT2D eigenvalue weighted by atomic mass is 35.5. The van der Waals surface area contributed by atoms with E-state index < -0.39 is 0 Å². The Balaban J connectivity index is 2.89. The molecule has 0 fully saturated rings. The van der Waals surface area contributed by atoms with Crippen LogP contribution in [0.4, 0.5) is 5.69 Å². The first-order valence-corrected chi connectivity index (χ1v) is 4.32. The average molecular weight is 205 g/mol. The van der Waals surface area contributed by atoms with Gasteiger partial charge < -0.3 is 0 Å². The van der Waals surface area contributed by atoms with Crippen molar-refractivity contribution in [1.29, 1.82) is 0 Å². The number of halogens is 1. The molecular weight excluding hydrogens is 200 g/mol. The van der Waals surface area contributed by atoms with Gasteiger partial charge in [0, 0.05) is 11.6 Å². The molecule has 0 N–H and O–H groups in total. The summed E-state index contributed by atoms with van der Waals surface area (Å²) < 4.78 is 0. The second-order valence-corrected chi connectivity index (χ2v) is 3.08. The van der Waals surface area contributed by atoms with Gasteiger partial charge in [-0.3, -0.25) is 4.98 Å². The largest absolute Gasteiger partial charge is 0.254 e. The molecule has 0 saturated heterocycles. The number of benzene rings is 1. The lowest BCUT2D eigenvalue weighted by atomic mass is 10.2. The molecule has 4 heteroatoms. The first-order valence-electron chi connectivity index (χ1n) is 3.94. The van der Waals surface area contributed by atoms with Crippen molar-refractivity contribution in [3.05, 3.63) is 35.5 Å². The molecule has 0 aliphatic rings. The van der Waals surface area contributed by atoms with E-state index in [2.05, 4.69) is 9.98 Å². The number of carbonyl (C=O) groups excluding carboxylic acids is 1. The van der Waals surface area contributed by atoms with E-state index in [9.17, 15) is 4.79 Å². The SMILES string of the molecule is O=C=Nc1c(Cl)ccc2cccnc12. The molecule has 2 aromatic rings. The van der Waals surface area contributed by atoms with E-state index in [0.717, 1.165) is 5.39 Å². The maximum atomic E-state index is 10.2. The van der Waals surface area contributed by atoms with E-state index in [-0.39, 0.29) is 0 Å². The van der Waals surface area contributed by atoms with Gasteiger partial charge in [0.1, 0.15) is 5.69 Å². The van der Waals surface area contributed by atoms with Crippen LogP contribution in [0.5, 0.6) is 0 Å². The van der Waals surface area contributed by atoms with Crippen LogP contribution in [0.2, 0.25) is 5.02 Å². The molecule has 0 bridgehead atoms. The van der Waals surface area contributed by atoms with Gasteiger partial charge in [0.15, 0.2) is 0 Å². The van der Waals surface area contributed by atoms with Crippen molar-refractivity contribution in [3.63, 3.8) is 0 Å². The number of aliphatic imine (C=N–C) groups is 1. The summed E-state index contributed by atoms with van der Waals surface area (Å²) in [6, 6.07) is 7.20. The molecule has 0 saturated carbocycles. The number of rotatable bonds is 1. The Bertz CT molecular complexity index is 533. The summed E-state index contributed by atoms with van der Waals surface area (Å²) in [5, 5.41) is 1.30. The summed E-state index contributed by atoms with van der Waals surface area (Å²) in [5.74, 6) is 0. The highest BCUT2D eigenvalue weighted by molar-refractivity contribution is 6.34. The second kappa shape index (κ2) is 3.58. The van der Waals surface area contributed by atoms with Crippen molar-refractivity contribution in [2.45, 2.75) is 0 Å². The van der Waals surface area contributed by atoms with Gasteiger partial charge in [-0.2, -0.15) is 4.99 Å². The number of fused-ring (bicyclic) bond motifs is 1. The van der Waals surface area contributed by atoms with Crippen LogP contribution in [-0.2, 0) is 4.79 Å². The minimum atomic E-state index is 0.375. The minimum Gasteiger partial charge on any atom is -0.254 e. The van der Waals surface area contributed by atoms with Crippen LogP contribution in [0, 0.1) is 0 Å². The van der Waals surface area contributed by atoms with Gasteiger partial charge in [-0.25, -0.2) is 4.79 Å². The zero-order valence-electron chi connectivity index (χ0n) is 7.07. The first kappa shape index (κ1) is 8.88. The second-order valence-electron chi connectivity index (χ2n) is 2.67. The zero-order chi connectivity index (χ0) is 9.97.